The molecule has 2 N–H and O–H groups in total. The molecule has 16 heavy (non-hydrogen) atoms. The van der Waals surface area contributed by atoms with Crippen molar-refractivity contribution in [3.8, 4) is 0 Å². The summed E-state index contributed by atoms with van der Waals surface area (Å²) in [5.74, 6) is 0.268. The van der Waals surface area contributed by atoms with E-state index in [1.54, 1.807) is 4.90 Å². The highest BCUT2D eigenvalue weighted by atomic mass is 16.5. The maximum Gasteiger partial charge on any atom is 0.239 e. The zero-order valence-corrected chi connectivity index (χ0v) is 10.6. The van der Waals surface area contributed by atoms with Gasteiger partial charge in [0.2, 0.25) is 5.91 Å². The van der Waals surface area contributed by atoms with Crippen molar-refractivity contribution in [1.82, 2.24) is 4.90 Å². The lowest BCUT2D eigenvalue weighted by molar-refractivity contribution is -0.133. The van der Waals surface area contributed by atoms with Gasteiger partial charge in [-0.15, -0.1) is 0 Å². The normalized spacial score (nSPS) is 24.1. The minimum absolute atomic E-state index is 0.0323. The average molecular weight is 228 g/mol. The molecule has 1 aliphatic rings. The number of hydrogen-bond acceptors (Lipinski definition) is 3. The summed E-state index contributed by atoms with van der Waals surface area (Å²) in [6.07, 6.45) is 3.29. The number of carbonyl (C=O) groups excluding carboxylic acids is 1. The second-order valence-corrected chi connectivity index (χ2v) is 4.77. The Kier molecular flexibility index (Phi) is 5.22. The summed E-state index contributed by atoms with van der Waals surface area (Å²) in [5, 5.41) is 0. The number of amides is 1. The summed E-state index contributed by atoms with van der Waals surface area (Å²) in [6.45, 7) is 5.56. The molecule has 94 valence electrons. The molecule has 0 bridgehead atoms. The smallest absolute Gasteiger partial charge is 0.239 e. The van der Waals surface area contributed by atoms with Crippen LogP contribution in [0.15, 0.2) is 0 Å². The van der Waals surface area contributed by atoms with E-state index in [0.29, 0.717) is 6.54 Å². The first-order chi connectivity index (χ1) is 7.56. The van der Waals surface area contributed by atoms with Crippen LogP contribution in [-0.2, 0) is 9.53 Å². The zero-order valence-electron chi connectivity index (χ0n) is 10.6. The molecular formula is C12H24N2O2. The molecular weight excluding hydrogens is 204 g/mol. The number of hydrogen-bond donors (Lipinski definition) is 1. The SMILES string of the molecule is CCC(C)[C@H](N)C(=O)N(C)CC1CCCO1. The molecule has 0 saturated carbocycles. The first kappa shape index (κ1) is 13.5. The van der Waals surface area contributed by atoms with Crippen LogP contribution in [0.5, 0.6) is 0 Å². The quantitative estimate of drug-likeness (QED) is 0.763. The lowest BCUT2D eigenvalue weighted by Gasteiger charge is -2.26. The number of ether oxygens (including phenoxy) is 1. The second-order valence-electron chi connectivity index (χ2n) is 4.77. The fourth-order valence-corrected chi connectivity index (χ4v) is 1.94. The topological polar surface area (TPSA) is 55.6 Å². The number of nitrogens with two attached hydrogens (primary N) is 1. The molecule has 2 unspecified atom stereocenters. The molecule has 0 radical (unpaired) electrons. The van der Waals surface area contributed by atoms with Crippen LogP contribution in [-0.4, -0.2) is 43.2 Å². The summed E-state index contributed by atoms with van der Waals surface area (Å²) in [4.78, 5) is 13.7. The van der Waals surface area contributed by atoms with Gasteiger partial charge in [-0.2, -0.15) is 0 Å². The van der Waals surface area contributed by atoms with Crippen LogP contribution in [0.3, 0.4) is 0 Å². The predicted molar refractivity (Wildman–Crippen MR) is 64.0 cm³/mol. The Morgan fingerprint density at radius 1 is 1.62 bits per heavy atom. The summed E-state index contributed by atoms with van der Waals surface area (Å²) >= 11 is 0. The van der Waals surface area contributed by atoms with Gasteiger partial charge in [-0.3, -0.25) is 4.79 Å². The van der Waals surface area contributed by atoms with Crippen LogP contribution in [0, 0.1) is 5.92 Å². The molecule has 4 heteroatoms. The molecule has 1 saturated heterocycles. The van der Waals surface area contributed by atoms with E-state index in [4.69, 9.17) is 10.5 Å². The minimum atomic E-state index is -0.378. The Morgan fingerprint density at radius 3 is 2.81 bits per heavy atom. The summed E-state index contributed by atoms with van der Waals surface area (Å²) < 4.78 is 5.51. The molecule has 0 aromatic heterocycles. The van der Waals surface area contributed by atoms with E-state index in [0.717, 1.165) is 25.9 Å². The van der Waals surface area contributed by atoms with Gasteiger partial charge in [-0.25, -0.2) is 0 Å². The van der Waals surface area contributed by atoms with Crippen molar-refractivity contribution in [2.75, 3.05) is 20.2 Å². The standard InChI is InChI=1S/C12H24N2O2/c1-4-9(2)11(13)12(15)14(3)8-10-6-5-7-16-10/h9-11H,4-8,13H2,1-3H3/t9?,10?,11-/m0/s1. The number of nitrogens with zero attached hydrogens (tertiary/aromatic N) is 1. The fourth-order valence-electron chi connectivity index (χ4n) is 1.94. The number of rotatable bonds is 5. The number of likely N-dealkylation sites (N-methyl/N-ethyl adjacent to an activating group) is 1. The van der Waals surface area contributed by atoms with Crippen LogP contribution < -0.4 is 5.73 Å². The largest absolute Gasteiger partial charge is 0.376 e. The predicted octanol–water partition coefficient (Wildman–Crippen LogP) is 0.997. The average Bonchev–Trinajstić information content (AvgIpc) is 2.78. The van der Waals surface area contributed by atoms with E-state index in [2.05, 4.69) is 6.92 Å². The molecule has 0 aliphatic carbocycles. The third-order valence-corrected chi connectivity index (χ3v) is 3.42. The third kappa shape index (κ3) is 3.46. The molecule has 0 aromatic carbocycles. The molecule has 4 nitrogen and oxygen atoms in total. The van der Waals surface area contributed by atoms with Crippen LogP contribution in [0.4, 0.5) is 0 Å². The molecule has 3 atom stereocenters. The van der Waals surface area contributed by atoms with Crippen LogP contribution in [0.25, 0.3) is 0 Å². The number of carbonyl (C=O) groups is 1. The van der Waals surface area contributed by atoms with Crippen molar-refractivity contribution < 1.29 is 9.53 Å². The highest BCUT2D eigenvalue weighted by Gasteiger charge is 2.25. The van der Waals surface area contributed by atoms with Gasteiger partial charge in [0.15, 0.2) is 0 Å². The molecule has 1 fully saturated rings. The van der Waals surface area contributed by atoms with E-state index in [9.17, 15) is 4.79 Å². The van der Waals surface area contributed by atoms with E-state index in [-0.39, 0.29) is 24.0 Å². The highest BCUT2D eigenvalue weighted by molar-refractivity contribution is 5.81. The molecule has 1 aliphatic heterocycles. The molecule has 1 heterocycles. The van der Waals surface area contributed by atoms with Crippen molar-refractivity contribution in [3.05, 3.63) is 0 Å². The van der Waals surface area contributed by atoms with Gasteiger partial charge < -0.3 is 15.4 Å². The van der Waals surface area contributed by atoms with Gasteiger partial charge in [-0.1, -0.05) is 20.3 Å². The van der Waals surface area contributed by atoms with Gasteiger partial charge in [0.25, 0.3) is 0 Å². The van der Waals surface area contributed by atoms with Gasteiger partial charge in [0, 0.05) is 20.2 Å². The van der Waals surface area contributed by atoms with Crippen molar-refractivity contribution in [1.29, 1.82) is 0 Å². The molecule has 0 aromatic rings. The lowest BCUT2D eigenvalue weighted by Crippen LogP contribution is -2.47. The van der Waals surface area contributed by atoms with E-state index in [1.165, 1.54) is 0 Å². The van der Waals surface area contributed by atoms with Crippen molar-refractivity contribution in [2.45, 2.75) is 45.3 Å². The Morgan fingerprint density at radius 2 is 2.31 bits per heavy atom. The van der Waals surface area contributed by atoms with Gasteiger partial charge >= 0.3 is 0 Å². The van der Waals surface area contributed by atoms with Crippen LogP contribution in [0.2, 0.25) is 0 Å². The van der Waals surface area contributed by atoms with E-state index in [1.807, 2.05) is 14.0 Å². The monoisotopic (exact) mass is 228 g/mol. The Labute approximate surface area is 98.1 Å². The summed E-state index contributed by atoms with van der Waals surface area (Å²) in [7, 11) is 1.81. The second kappa shape index (κ2) is 6.21. The fraction of sp³-hybridized carbons (Fsp3) is 0.917. The van der Waals surface area contributed by atoms with Crippen molar-refractivity contribution in [3.63, 3.8) is 0 Å². The molecule has 1 amide bonds. The molecule has 1 rings (SSSR count). The highest BCUT2D eigenvalue weighted by Crippen LogP contribution is 2.14. The molecule has 0 spiro atoms. The van der Waals surface area contributed by atoms with Crippen molar-refractivity contribution >= 4 is 5.91 Å². The Bertz CT molecular complexity index is 227. The van der Waals surface area contributed by atoms with Gasteiger partial charge in [0.1, 0.15) is 0 Å². The van der Waals surface area contributed by atoms with Gasteiger partial charge in [-0.05, 0) is 18.8 Å². The van der Waals surface area contributed by atoms with Gasteiger partial charge in [0.05, 0.1) is 12.1 Å². The first-order valence-corrected chi connectivity index (χ1v) is 6.18. The van der Waals surface area contributed by atoms with Crippen molar-refractivity contribution in [2.24, 2.45) is 11.7 Å². The minimum Gasteiger partial charge on any atom is -0.376 e. The van der Waals surface area contributed by atoms with Crippen LogP contribution in [0.1, 0.15) is 33.1 Å². The lowest BCUT2D eigenvalue weighted by atomic mass is 9.99. The summed E-state index contributed by atoms with van der Waals surface area (Å²) in [5.41, 5.74) is 5.91. The zero-order chi connectivity index (χ0) is 12.1. The Hall–Kier alpha value is -0.610. The maximum absolute atomic E-state index is 12.0. The first-order valence-electron chi connectivity index (χ1n) is 6.18. The van der Waals surface area contributed by atoms with E-state index < -0.39 is 0 Å². The summed E-state index contributed by atoms with van der Waals surface area (Å²) in [6, 6.07) is -0.378. The third-order valence-electron chi connectivity index (χ3n) is 3.42. The van der Waals surface area contributed by atoms with Crippen LogP contribution >= 0.6 is 0 Å². The van der Waals surface area contributed by atoms with E-state index >= 15 is 0 Å². The Balaban J connectivity index is 2.39. The maximum atomic E-state index is 12.0.